The molecule has 0 radical (unpaired) electrons. The molecule has 0 amide bonds. The Morgan fingerprint density at radius 3 is 2.36 bits per heavy atom. The Balaban J connectivity index is 1.74. The molecular formula is C18H18N4O2S. The smallest absolute Gasteiger partial charge is 0.243 e. The zero-order chi connectivity index (χ0) is 17.3. The molecule has 4 rings (SSSR count). The first kappa shape index (κ1) is 16.0. The first-order valence-corrected chi connectivity index (χ1v) is 9.64. The molecule has 1 fully saturated rings. The van der Waals surface area contributed by atoms with E-state index in [0.717, 1.165) is 18.5 Å². The van der Waals surface area contributed by atoms with Crippen molar-refractivity contribution in [3.05, 3.63) is 72.8 Å². The molecule has 25 heavy (non-hydrogen) atoms. The number of hydrogen-bond acceptors (Lipinski definition) is 4. The first-order valence-electron chi connectivity index (χ1n) is 8.20. The van der Waals surface area contributed by atoms with E-state index in [1.165, 1.54) is 0 Å². The third-order valence-electron chi connectivity index (χ3n) is 4.46. The largest absolute Gasteiger partial charge is 0.284 e. The summed E-state index contributed by atoms with van der Waals surface area (Å²) in [7, 11) is -3.56. The van der Waals surface area contributed by atoms with E-state index in [-0.39, 0.29) is 6.04 Å². The molecule has 2 heterocycles. The monoisotopic (exact) mass is 354 g/mol. The maximum Gasteiger partial charge on any atom is 0.243 e. The normalized spacial score (nSPS) is 18.5. The highest BCUT2D eigenvalue weighted by Gasteiger charge is 2.38. The Bertz CT molecular complexity index is 955. The number of aromatic nitrogens is 3. The molecule has 0 saturated carbocycles. The highest BCUT2D eigenvalue weighted by Crippen LogP contribution is 2.36. The summed E-state index contributed by atoms with van der Waals surface area (Å²) in [6.45, 7) is 0.490. The van der Waals surface area contributed by atoms with Gasteiger partial charge in [-0.15, -0.1) is 10.2 Å². The lowest BCUT2D eigenvalue weighted by Crippen LogP contribution is -2.32. The molecule has 0 aliphatic carbocycles. The van der Waals surface area contributed by atoms with Crippen LogP contribution in [0.3, 0.4) is 0 Å². The zero-order valence-electron chi connectivity index (χ0n) is 13.6. The summed E-state index contributed by atoms with van der Waals surface area (Å²) in [4.78, 5) is 0.313. The van der Waals surface area contributed by atoms with Crippen LogP contribution in [0.5, 0.6) is 0 Å². The van der Waals surface area contributed by atoms with Crippen LogP contribution in [-0.4, -0.2) is 34.0 Å². The second-order valence-electron chi connectivity index (χ2n) is 5.98. The first-order chi connectivity index (χ1) is 12.2. The van der Waals surface area contributed by atoms with Crippen LogP contribution in [-0.2, 0) is 10.0 Å². The van der Waals surface area contributed by atoms with Crippen molar-refractivity contribution in [3.8, 4) is 5.69 Å². The van der Waals surface area contributed by atoms with Crippen molar-refractivity contribution in [2.75, 3.05) is 6.54 Å². The highest BCUT2D eigenvalue weighted by molar-refractivity contribution is 7.89. The average molecular weight is 354 g/mol. The summed E-state index contributed by atoms with van der Waals surface area (Å²) in [5.74, 6) is 0.656. The number of nitrogens with zero attached hydrogens (tertiary/aromatic N) is 4. The van der Waals surface area contributed by atoms with Crippen molar-refractivity contribution in [3.63, 3.8) is 0 Å². The van der Waals surface area contributed by atoms with Crippen molar-refractivity contribution < 1.29 is 8.42 Å². The second-order valence-corrected chi connectivity index (χ2v) is 7.87. The van der Waals surface area contributed by atoms with Crippen molar-refractivity contribution in [1.29, 1.82) is 0 Å². The minimum Gasteiger partial charge on any atom is -0.284 e. The highest BCUT2D eigenvalue weighted by atomic mass is 32.2. The van der Waals surface area contributed by atoms with Gasteiger partial charge in [0.2, 0.25) is 10.0 Å². The molecule has 1 aliphatic rings. The van der Waals surface area contributed by atoms with Crippen LogP contribution in [0.1, 0.15) is 24.7 Å². The maximum atomic E-state index is 13.1. The summed E-state index contributed by atoms with van der Waals surface area (Å²) in [5.41, 5.74) is 0.923. The number of rotatable bonds is 4. The summed E-state index contributed by atoms with van der Waals surface area (Å²) >= 11 is 0. The van der Waals surface area contributed by atoms with Gasteiger partial charge in [-0.1, -0.05) is 36.4 Å². The van der Waals surface area contributed by atoms with Gasteiger partial charge in [-0.2, -0.15) is 4.31 Å². The maximum absolute atomic E-state index is 13.1. The molecule has 1 aromatic heterocycles. The number of benzene rings is 2. The van der Waals surface area contributed by atoms with Crippen LogP contribution < -0.4 is 0 Å². The van der Waals surface area contributed by atoms with Crippen LogP contribution in [0.25, 0.3) is 5.69 Å². The average Bonchev–Trinajstić information content (AvgIpc) is 3.32. The van der Waals surface area contributed by atoms with Crippen LogP contribution in [0.4, 0.5) is 0 Å². The Kier molecular flexibility index (Phi) is 4.10. The van der Waals surface area contributed by atoms with Gasteiger partial charge < -0.3 is 0 Å². The van der Waals surface area contributed by atoms with Crippen molar-refractivity contribution in [2.24, 2.45) is 0 Å². The fourth-order valence-electron chi connectivity index (χ4n) is 3.27. The van der Waals surface area contributed by atoms with E-state index < -0.39 is 10.0 Å². The number of hydrogen-bond donors (Lipinski definition) is 0. The van der Waals surface area contributed by atoms with Gasteiger partial charge in [0.15, 0.2) is 5.82 Å². The van der Waals surface area contributed by atoms with E-state index in [1.54, 1.807) is 34.9 Å². The van der Waals surface area contributed by atoms with E-state index in [4.69, 9.17) is 0 Å². The van der Waals surface area contributed by atoms with E-state index in [9.17, 15) is 8.42 Å². The molecule has 0 N–H and O–H groups in total. The third kappa shape index (κ3) is 2.85. The van der Waals surface area contributed by atoms with E-state index in [0.29, 0.717) is 17.3 Å². The molecule has 0 bridgehead atoms. The van der Waals surface area contributed by atoms with Crippen molar-refractivity contribution >= 4 is 10.0 Å². The van der Waals surface area contributed by atoms with Gasteiger partial charge in [-0.05, 0) is 37.1 Å². The standard InChI is InChI=1S/C18H18N4O2S/c23-25(24,16-10-5-2-6-11-16)22-13-7-12-17(22)18-20-19-14-21(18)15-8-3-1-4-9-15/h1-6,8-11,14,17H,7,12-13H2. The lowest BCUT2D eigenvalue weighted by Gasteiger charge is -2.24. The van der Waals surface area contributed by atoms with E-state index >= 15 is 0 Å². The Hall–Kier alpha value is -2.51. The molecule has 1 unspecified atom stereocenters. The second kappa shape index (κ2) is 6.42. The minimum absolute atomic E-state index is 0.312. The van der Waals surface area contributed by atoms with E-state index in [2.05, 4.69) is 10.2 Å². The van der Waals surface area contributed by atoms with Gasteiger partial charge >= 0.3 is 0 Å². The molecule has 1 aliphatic heterocycles. The lowest BCUT2D eigenvalue weighted by atomic mass is 10.2. The van der Waals surface area contributed by atoms with Gasteiger partial charge in [-0.25, -0.2) is 8.42 Å². The van der Waals surface area contributed by atoms with Gasteiger partial charge in [-0.3, -0.25) is 4.57 Å². The molecule has 7 heteroatoms. The predicted molar refractivity (Wildman–Crippen MR) is 93.7 cm³/mol. The van der Waals surface area contributed by atoms with Gasteiger partial charge in [0, 0.05) is 12.2 Å². The topological polar surface area (TPSA) is 68.1 Å². The minimum atomic E-state index is -3.56. The molecule has 1 atom stereocenters. The Morgan fingerprint density at radius 1 is 0.960 bits per heavy atom. The molecular weight excluding hydrogens is 336 g/mol. The molecule has 2 aromatic carbocycles. The fraction of sp³-hybridized carbons (Fsp3) is 0.222. The summed E-state index contributed by atoms with van der Waals surface area (Å²) < 4.78 is 29.5. The quantitative estimate of drug-likeness (QED) is 0.722. The SMILES string of the molecule is O=S(=O)(c1ccccc1)N1CCCC1c1nncn1-c1ccccc1. The van der Waals surface area contributed by atoms with Crippen LogP contribution >= 0.6 is 0 Å². The van der Waals surface area contributed by atoms with Crippen LogP contribution in [0, 0.1) is 0 Å². The van der Waals surface area contributed by atoms with Crippen molar-refractivity contribution in [2.45, 2.75) is 23.8 Å². The summed E-state index contributed by atoms with van der Waals surface area (Å²) in [6, 6.07) is 18.0. The predicted octanol–water partition coefficient (Wildman–Crippen LogP) is 2.79. The molecule has 3 aromatic rings. The zero-order valence-corrected chi connectivity index (χ0v) is 14.4. The van der Waals surface area contributed by atoms with Crippen LogP contribution in [0.2, 0.25) is 0 Å². The molecule has 1 saturated heterocycles. The molecule has 0 spiro atoms. The van der Waals surface area contributed by atoms with Gasteiger partial charge in [0.25, 0.3) is 0 Å². The van der Waals surface area contributed by atoms with Crippen LogP contribution in [0.15, 0.2) is 71.9 Å². The van der Waals surface area contributed by atoms with Gasteiger partial charge in [0.05, 0.1) is 10.9 Å². The van der Waals surface area contributed by atoms with E-state index in [1.807, 2.05) is 41.0 Å². The lowest BCUT2D eigenvalue weighted by molar-refractivity contribution is 0.380. The Labute approximate surface area is 146 Å². The molecule has 6 nitrogen and oxygen atoms in total. The van der Waals surface area contributed by atoms with Crippen molar-refractivity contribution in [1.82, 2.24) is 19.1 Å². The summed E-state index contributed by atoms with van der Waals surface area (Å²) in [5, 5.41) is 8.26. The summed E-state index contributed by atoms with van der Waals surface area (Å²) in [6.07, 6.45) is 3.17. The third-order valence-corrected chi connectivity index (χ3v) is 6.38. The fourth-order valence-corrected chi connectivity index (χ4v) is 4.95. The molecule has 128 valence electrons. The van der Waals surface area contributed by atoms with Gasteiger partial charge in [0.1, 0.15) is 6.33 Å². The number of para-hydroxylation sites is 1. The Morgan fingerprint density at radius 2 is 1.64 bits per heavy atom. The number of sulfonamides is 1.